The first-order valence-electron chi connectivity index (χ1n) is 6.58. The zero-order chi connectivity index (χ0) is 13.8. The SMILES string of the molecule is COc1cc(Br)cc(C(O)CN)c1OC1CCCC1. The molecule has 0 radical (unpaired) electrons. The maximum Gasteiger partial charge on any atom is 0.167 e. The van der Waals surface area contributed by atoms with Crippen molar-refractivity contribution in [2.24, 2.45) is 5.73 Å². The average molecular weight is 330 g/mol. The highest BCUT2D eigenvalue weighted by atomic mass is 79.9. The number of nitrogens with two attached hydrogens (primary N) is 1. The minimum absolute atomic E-state index is 0.153. The van der Waals surface area contributed by atoms with Crippen molar-refractivity contribution in [1.29, 1.82) is 0 Å². The molecule has 106 valence electrons. The van der Waals surface area contributed by atoms with Gasteiger partial charge in [-0.15, -0.1) is 0 Å². The fourth-order valence-electron chi connectivity index (χ4n) is 2.41. The van der Waals surface area contributed by atoms with Crippen LogP contribution in [-0.2, 0) is 0 Å². The van der Waals surface area contributed by atoms with E-state index in [1.165, 1.54) is 12.8 Å². The molecule has 4 nitrogen and oxygen atoms in total. The van der Waals surface area contributed by atoms with Gasteiger partial charge in [0.25, 0.3) is 0 Å². The van der Waals surface area contributed by atoms with Crippen LogP contribution in [0.5, 0.6) is 11.5 Å². The fourth-order valence-corrected chi connectivity index (χ4v) is 2.87. The van der Waals surface area contributed by atoms with Crippen molar-refractivity contribution >= 4 is 15.9 Å². The zero-order valence-corrected chi connectivity index (χ0v) is 12.6. The summed E-state index contributed by atoms with van der Waals surface area (Å²) in [6, 6.07) is 3.68. The second-order valence-corrected chi connectivity index (χ2v) is 5.72. The number of aliphatic hydroxyl groups excluding tert-OH is 1. The Morgan fingerprint density at radius 3 is 2.68 bits per heavy atom. The molecule has 19 heavy (non-hydrogen) atoms. The van der Waals surface area contributed by atoms with Crippen LogP contribution in [-0.4, -0.2) is 24.9 Å². The number of aliphatic hydroxyl groups is 1. The highest BCUT2D eigenvalue weighted by Gasteiger charge is 2.23. The molecule has 1 unspecified atom stereocenters. The molecular formula is C14H20BrNO3. The van der Waals surface area contributed by atoms with Gasteiger partial charge >= 0.3 is 0 Å². The van der Waals surface area contributed by atoms with Crippen molar-refractivity contribution in [1.82, 2.24) is 0 Å². The van der Waals surface area contributed by atoms with Crippen molar-refractivity contribution < 1.29 is 14.6 Å². The number of benzene rings is 1. The van der Waals surface area contributed by atoms with Crippen LogP contribution in [0.15, 0.2) is 16.6 Å². The molecule has 0 heterocycles. The van der Waals surface area contributed by atoms with Crippen LogP contribution >= 0.6 is 15.9 Å². The Hall–Kier alpha value is -0.780. The summed E-state index contributed by atoms with van der Waals surface area (Å²) in [7, 11) is 1.60. The predicted octanol–water partition coefficient (Wildman–Crippen LogP) is 2.77. The summed E-state index contributed by atoms with van der Waals surface area (Å²) in [6.07, 6.45) is 3.95. The van der Waals surface area contributed by atoms with Gasteiger partial charge in [-0.1, -0.05) is 15.9 Å². The average Bonchev–Trinajstić information content (AvgIpc) is 2.92. The summed E-state index contributed by atoms with van der Waals surface area (Å²) in [6.45, 7) is 0.153. The van der Waals surface area contributed by atoms with Crippen molar-refractivity contribution in [2.45, 2.75) is 37.9 Å². The molecule has 1 saturated carbocycles. The van der Waals surface area contributed by atoms with Crippen molar-refractivity contribution in [2.75, 3.05) is 13.7 Å². The number of halogens is 1. The minimum Gasteiger partial charge on any atom is -0.493 e. The fraction of sp³-hybridized carbons (Fsp3) is 0.571. The molecule has 0 saturated heterocycles. The van der Waals surface area contributed by atoms with E-state index in [2.05, 4.69) is 15.9 Å². The second kappa shape index (κ2) is 6.59. The molecule has 1 aromatic rings. The molecule has 0 bridgehead atoms. The topological polar surface area (TPSA) is 64.7 Å². The Bertz CT molecular complexity index is 433. The lowest BCUT2D eigenvalue weighted by molar-refractivity contribution is 0.162. The van der Waals surface area contributed by atoms with Gasteiger partial charge in [0, 0.05) is 16.6 Å². The van der Waals surface area contributed by atoms with Crippen LogP contribution in [0, 0.1) is 0 Å². The van der Waals surface area contributed by atoms with Crippen molar-refractivity contribution in [3.63, 3.8) is 0 Å². The monoisotopic (exact) mass is 329 g/mol. The van der Waals surface area contributed by atoms with E-state index in [1.807, 2.05) is 12.1 Å². The van der Waals surface area contributed by atoms with Crippen LogP contribution < -0.4 is 15.2 Å². The van der Waals surface area contributed by atoms with Gasteiger partial charge in [0.1, 0.15) is 0 Å². The smallest absolute Gasteiger partial charge is 0.167 e. The summed E-state index contributed by atoms with van der Waals surface area (Å²) in [5, 5.41) is 10.0. The largest absolute Gasteiger partial charge is 0.493 e. The maximum absolute atomic E-state index is 10.0. The molecule has 0 amide bonds. The van der Waals surface area contributed by atoms with E-state index in [1.54, 1.807) is 7.11 Å². The van der Waals surface area contributed by atoms with E-state index < -0.39 is 6.10 Å². The quantitative estimate of drug-likeness (QED) is 0.871. The lowest BCUT2D eigenvalue weighted by Gasteiger charge is -2.21. The molecule has 1 aliphatic carbocycles. The molecule has 0 aliphatic heterocycles. The number of hydrogen-bond donors (Lipinski definition) is 2. The first-order valence-corrected chi connectivity index (χ1v) is 7.37. The zero-order valence-electron chi connectivity index (χ0n) is 11.1. The first-order chi connectivity index (χ1) is 9.15. The van der Waals surface area contributed by atoms with Gasteiger partial charge in [-0.25, -0.2) is 0 Å². The Morgan fingerprint density at radius 2 is 2.11 bits per heavy atom. The number of hydrogen-bond acceptors (Lipinski definition) is 4. The highest BCUT2D eigenvalue weighted by molar-refractivity contribution is 9.10. The molecule has 1 atom stereocenters. The van der Waals surface area contributed by atoms with Crippen molar-refractivity contribution in [3.8, 4) is 11.5 Å². The predicted molar refractivity (Wildman–Crippen MR) is 77.6 cm³/mol. The normalized spacial score (nSPS) is 17.5. The lowest BCUT2D eigenvalue weighted by Crippen LogP contribution is -2.17. The molecule has 0 aromatic heterocycles. The van der Waals surface area contributed by atoms with E-state index in [-0.39, 0.29) is 12.6 Å². The third-order valence-electron chi connectivity index (χ3n) is 3.44. The van der Waals surface area contributed by atoms with E-state index in [0.717, 1.165) is 17.3 Å². The summed E-state index contributed by atoms with van der Waals surface area (Å²) >= 11 is 3.41. The summed E-state index contributed by atoms with van der Waals surface area (Å²) in [5.41, 5.74) is 6.24. The lowest BCUT2D eigenvalue weighted by atomic mass is 10.1. The van der Waals surface area contributed by atoms with Crippen LogP contribution in [0.2, 0.25) is 0 Å². The summed E-state index contributed by atoms with van der Waals surface area (Å²) in [4.78, 5) is 0. The van der Waals surface area contributed by atoms with Crippen LogP contribution in [0.3, 0.4) is 0 Å². The molecule has 3 N–H and O–H groups in total. The Morgan fingerprint density at radius 1 is 1.42 bits per heavy atom. The third kappa shape index (κ3) is 3.41. The molecule has 1 aliphatic rings. The second-order valence-electron chi connectivity index (χ2n) is 4.80. The molecule has 2 rings (SSSR count). The first kappa shape index (κ1) is 14.6. The standard InChI is InChI=1S/C14H20BrNO3/c1-18-13-7-9(15)6-11(12(17)8-16)14(13)19-10-4-2-3-5-10/h6-7,10,12,17H,2-5,8,16H2,1H3. The summed E-state index contributed by atoms with van der Waals surface area (Å²) in [5.74, 6) is 1.25. The molecule has 5 heteroatoms. The number of methoxy groups -OCH3 is 1. The third-order valence-corrected chi connectivity index (χ3v) is 3.90. The maximum atomic E-state index is 10.0. The number of rotatable bonds is 5. The van der Waals surface area contributed by atoms with Gasteiger partial charge < -0.3 is 20.3 Å². The Balaban J connectivity index is 2.35. The van der Waals surface area contributed by atoms with E-state index in [9.17, 15) is 5.11 Å². The van der Waals surface area contributed by atoms with Gasteiger partial charge in [0.15, 0.2) is 11.5 Å². The van der Waals surface area contributed by atoms with Gasteiger partial charge in [-0.3, -0.25) is 0 Å². The van der Waals surface area contributed by atoms with Gasteiger partial charge in [0.2, 0.25) is 0 Å². The van der Waals surface area contributed by atoms with E-state index >= 15 is 0 Å². The number of ether oxygens (including phenoxy) is 2. The van der Waals surface area contributed by atoms with Crippen molar-refractivity contribution in [3.05, 3.63) is 22.2 Å². The van der Waals surface area contributed by atoms with Gasteiger partial charge in [-0.2, -0.15) is 0 Å². The summed E-state index contributed by atoms with van der Waals surface area (Å²) < 4.78 is 12.2. The van der Waals surface area contributed by atoms with Gasteiger partial charge in [0.05, 0.1) is 19.3 Å². The van der Waals surface area contributed by atoms with E-state index in [0.29, 0.717) is 17.1 Å². The van der Waals surface area contributed by atoms with Crippen LogP contribution in [0.1, 0.15) is 37.4 Å². The van der Waals surface area contributed by atoms with Crippen LogP contribution in [0.25, 0.3) is 0 Å². The molecular weight excluding hydrogens is 310 g/mol. The molecule has 1 aromatic carbocycles. The minimum atomic E-state index is -0.747. The van der Waals surface area contributed by atoms with Crippen LogP contribution in [0.4, 0.5) is 0 Å². The highest BCUT2D eigenvalue weighted by Crippen LogP contribution is 2.40. The molecule has 0 spiro atoms. The Kier molecular flexibility index (Phi) is 5.07. The Labute approximate surface area is 122 Å². The molecule has 1 fully saturated rings. The van der Waals surface area contributed by atoms with Gasteiger partial charge in [-0.05, 0) is 37.8 Å². The van der Waals surface area contributed by atoms with E-state index in [4.69, 9.17) is 15.2 Å².